The molecule has 0 aliphatic carbocycles. The lowest BCUT2D eigenvalue weighted by Gasteiger charge is -2.25. The third-order valence-electron chi connectivity index (χ3n) is 8.10. The largest absolute Gasteiger partial charge is 0.508 e. The molecule has 0 fully saturated rings. The number of nitro groups is 1. The Kier molecular flexibility index (Phi) is 12.1. The molecule has 6 N–H and O–H groups in total. The van der Waals surface area contributed by atoms with Crippen LogP contribution in [0.3, 0.4) is 0 Å². The van der Waals surface area contributed by atoms with Gasteiger partial charge in [-0.15, -0.1) is 0 Å². The first-order chi connectivity index (χ1) is 25.1. The van der Waals surface area contributed by atoms with Crippen LogP contribution in [0, 0.1) is 10.1 Å². The highest BCUT2D eigenvalue weighted by Gasteiger charge is 2.30. The number of aliphatic carboxylic acids is 1. The molecule has 5 aromatic rings. The lowest BCUT2D eigenvalue weighted by atomic mass is 10.0. The number of carboxylic acid groups (broad SMARTS) is 1. The van der Waals surface area contributed by atoms with Crippen LogP contribution in [0.5, 0.6) is 5.75 Å². The van der Waals surface area contributed by atoms with E-state index in [9.17, 15) is 39.5 Å². The molecule has 16 nitrogen and oxygen atoms in total. The van der Waals surface area contributed by atoms with Crippen LogP contribution in [-0.2, 0) is 38.4 Å². The van der Waals surface area contributed by atoms with E-state index in [-0.39, 0.29) is 54.7 Å². The van der Waals surface area contributed by atoms with Crippen molar-refractivity contribution in [3.8, 4) is 5.75 Å². The molecule has 0 aliphatic heterocycles. The molecule has 0 bridgehead atoms. The summed E-state index contributed by atoms with van der Waals surface area (Å²) in [5.41, 5.74) is 2.12. The molecule has 0 saturated carbocycles. The van der Waals surface area contributed by atoms with E-state index in [1.807, 2.05) is 0 Å². The van der Waals surface area contributed by atoms with Gasteiger partial charge in [0.15, 0.2) is 5.52 Å². The van der Waals surface area contributed by atoms with Gasteiger partial charge in [-0.05, 0) is 45.2 Å². The lowest BCUT2D eigenvalue weighted by molar-refractivity contribution is -0.383. The molecule has 1 aromatic heterocycles. The summed E-state index contributed by atoms with van der Waals surface area (Å²) in [5, 5.41) is 49.1. The number of nitro benzene ring substituents is 1. The molecule has 268 valence electrons. The van der Waals surface area contributed by atoms with Crippen molar-refractivity contribution in [3.05, 3.63) is 124 Å². The predicted octanol–water partition coefficient (Wildman–Crippen LogP) is 2.91. The smallest absolute Gasteiger partial charge is 0.326 e. The first kappa shape index (κ1) is 36.4. The molecule has 0 saturated heterocycles. The Hall–Kier alpha value is -6.84. The monoisotopic (exact) mass is 709 g/mol. The standard InChI is InChI=1S/C36H35N7O9/c44-25-13-11-24(12-14-25)21-29(36(48)49)40-35(47)28(20-23-9-5-2-6-10-23)39-34(46)27(19-22-7-3-1-4-8-22)38-31(45)17-18-37-26-15-16-30(43(50)51)33-32(26)41-52-42-33/h1-16,27-29,37,44H,17-21H2,(H,38,45)(H,39,46)(H,40,47)(H,48,49)/t27-,28-,29-/m0/s1. The quantitative estimate of drug-likeness (QED) is 0.0604. The molecule has 5 rings (SSSR count). The van der Waals surface area contributed by atoms with Crippen LogP contribution in [0.2, 0.25) is 0 Å². The third kappa shape index (κ3) is 9.87. The summed E-state index contributed by atoms with van der Waals surface area (Å²) in [6, 6.07) is 22.7. The summed E-state index contributed by atoms with van der Waals surface area (Å²) in [5.74, 6) is -3.20. The summed E-state index contributed by atoms with van der Waals surface area (Å²) in [4.78, 5) is 63.6. The Morgan fingerprint density at radius 1 is 0.692 bits per heavy atom. The number of non-ortho nitro benzene ring substituents is 1. The Morgan fingerprint density at radius 2 is 1.21 bits per heavy atom. The number of hydrogen-bond donors (Lipinski definition) is 6. The second-order valence-corrected chi connectivity index (χ2v) is 11.9. The number of nitrogens with zero attached hydrogens (tertiary/aromatic N) is 3. The van der Waals surface area contributed by atoms with Gasteiger partial charge in [-0.2, -0.15) is 0 Å². The second-order valence-electron chi connectivity index (χ2n) is 11.9. The highest BCUT2D eigenvalue weighted by molar-refractivity contribution is 5.95. The minimum absolute atomic E-state index is 0.00809. The number of carbonyl (C=O) groups excluding carboxylic acids is 3. The number of carbonyl (C=O) groups is 4. The molecule has 3 atom stereocenters. The molecule has 0 unspecified atom stereocenters. The van der Waals surface area contributed by atoms with Crippen molar-refractivity contribution < 1.29 is 38.9 Å². The minimum atomic E-state index is -1.34. The van der Waals surface area contributed by atoms with Crippen LogP contribution in [0.1, 0.15) is 23.1 Å². The van der Waals surface area contributed by atoms with E-state index in [0.717, 1.165) is 5.56 Å². The van der Waals surface area contributed by atoms with Crippen LogP contribution in [0.4, 0.5) is 11.4 Å². The molecule has 1 heterocycles. The van der Waals surface area contributed by atoms with Gasteiger partial charge in [-0.3, -0.25) is 24.5 Å². The van der Waals surface area contributed by atoms with E-state index in [2.05, 4.69) is 36.2 Å². The summed E-state index contributed by atoms with van der Waals surface area (Å²) in [7, 11) is 0. The molecule has 3 amide bonds. The summed E-state index contributed by atoms with van der Waals surface area (Å²) in [6.07, 6.45) is -0.0847. The topological polar surface area (TPSA) is 239 Å². The highest BCUT2D eigenvalue weighted by atomic mass is 16.6. The van der Waals surface area contributed by atoms with Gasteiger partial charge in [0.2, 0.25) is 23.2 Å². The zero-order valence-electron chi connectivity index (χ0n) is 27.6. The van der Waals surface area contributed by atoms with E-state index < -0.39 is 46.7 Å². The van der Waals surface area contributed by atoms with Gasteiger partial charge >= 0.3 is 11.7 Å². The zero-order valence-corrected chi connectivity index (χ0v) is 27.6. The van der Waals surface area contributed by atoms with Crippen LogP contribution < -0.4 is 21.3 Å². The fraction of sp³-hybridized carbons (Fsp3) is 0.222. The van der Waals surface area contributed by atoms with Crippen LogP contribution in [-0.4, -0.2) is 73.8 Å². The molecule has 0 radical (unpaired) electrons. The molecular weight excluding hydrogens is 674 g/mol. The number of benzene rings is 4. The van der Waals surface area contributed by atoms with Crippen LogP contribution in [0.25, 0.3) is 11.0 Å². The van der Waals surface area contributed by atoms with Gasteiger partial charge in [0, 0.05) is 38.3 Å². The number of fused-ring (bicyclic) bond motifs is 1. The summed E-state index contributed by atoms with van der Waals surface area (Å²) in [6.45, 7) is 0.0575. The fourth-order valence-electron chi connectivity index (χ4n) is 5.45. The first-order valence-corrected chi connectivity index (χ1v) is 16.2. The van der Waals surface area contributed by atoms with Gasteiger partial charge in [0.25, 0.3) is 0 Å². The molecule has 0 spiro atoms. The normalized spacial score (nSPS) is 12.6. The Balaban J connectivity index is 1.29. The van der Waals surface area contributed by atoms with E-state index in [1.54, 1.807) is 72.8 Å². The molecule has 16 heteroatoms. The van der Waals surface area contributed by atoms with Gasteiger partial charge in [-0.1, -0.05) is 72.8 Å². The maximum atomic E-state index is 13.9. The molecule has 0 aliphatic rings. The Morgan fingerprint density at radius 3 is 1.79 bits per heavy atom. The number of hydrogen-bond acceptors (Lipinski definition) is 11. The van der Waals surface area contributed by atoms with Crippen molar-refractivity contribution in [1.29, 1.82) is 0 Å². The fourth-order valence-corrected chi connectivity index (χ4v) is 5.45. The number of nitrogens with one attached hydrogen (secondary N) is 4. The van der Waals surface area contributed by atoms with Crippen molar-refractivity contribution in [2.24, 2.45) is 0 Å². The Bertz CT molecular complexity index is 2020. The van der Waals surface area contributed by atoms with Gasteiger partial charge in [0.05, 0.1) is 10.6 Å². The van der Waals surface area contributed by atoms with Crippen molar-refractivity contribution in [3.63, 3.8) is 0 Å². The number of aromatic hydroxyl groups is 1. The van der Waals surface area contributed by atoms with Gasteiger partial charge in [0.1, 0.15) is 23.9 Å². The number of aromatic nitrogens is 2. The lowest BCUT2D eigenvalue weighted by Crippen LogP contribution is -2.57. The van der Waals surface area contributed by atoms with E-state index in [1.165, 1.54) is 24.3 Å². The molecule has 4 aromatic carbocycles. The summed E-state index contributed by atoms with van der Waals surface area (Å²) < 4.78 is 4.67. The Labute approximate surface area is 296 Å². The zero-order chi connectivity index (χ0) is 37.0. The highest BCUT2D eigenvalue weighted by Crippen LogP contribution is 2.28. The number of carboxylic acids is 1. The SMILES string of the molecule is O=C(CCNc1ccc([N+](=O)[O-])c2nonc12)N[C@@H](Cc1ccccc1)C(=O)N[C@@H](Cc1ccccc1)C(=O)N[C@@H](Cc1ccc(O)cc1)C(=O)O. The van der Waals surface area contributed by atoms with Crippen molar-refractivity contribution in [2.45, 2.75) is 43.8 Å². The van der Waals surface area contributed by atoms with Gasteiger partial charge < -0.3 is 31.5 Å². The van der Waals surface area contributed by atoms with Crippen molar-refractivity contribution in [1.82, 2.24) is 26.3 Å². The average Bonchev–Trinajstić information content (AvgIpc) is 3.63. The van der Waals surface area contributed by atoms with E-state index >= 15 is 0 Å². The second kappa shape index (κ2) is 17.2. The maximum absolute atomic E-state index is 13.9. The third-order valence-corrected chi connectivity index (χ3v) is 8.10. The first-order valence-electron chi connectivity index (χ1n) is 16.2. The van der Waals surface area contributed by atoms with Crippen LogP contribution in [0.15, 0.2) is 102 Å². The molecule has 52 heavy (non-hydrogen) atoms. The number of amides is 3. The minimum Gasteiger partial charge on any atom is -0.508 e. The number of phenolic OH excluding ortho intramolecular Hbond substituents is 1. The van der Waals surface area contributed by atoms with Gasteiger partial charge in [-0.25, -0.2) is 9.42 Å². The average molecular weight is 710 g/mol. The summed E-state index contributed by atoms with van der Waals surface area (Å²) >= 11 is 0. The van der Waals surface area contributed by atoms with Crippen molar-refractivity contribution >= 4 is 46.1 Å². The number of phenols is 1. The van der Waals surface area contributed by atoms with Crippen molar-refractivity contribution in [2.75, 3.05) is 11.9 Å². The predicted molar refractivity (Wildman–Crippen MR) is 187 cm³/mol. The molecular formula is C36H35N7O9. The van der Waals surface area contributed by atoms with E-state index in [4.69, 9.17) is 0 Å². The maximum Gasteiger partial charge on any atom is 0.326 e. The van der Waals surface area contributed by atoms with Crippen LogP contribution >= 0.6 is 0 Å². The number of anilines is 1. The van der Waals surface area contributed by atoms with E-state index in [0.29, 0.717) is 16.8 Å². The number of rotatable bonds is 17.